The summed E-state index contributed by atoms with van der Waals surface area (Å²) >= 11 is 0. The minimum Gasteiger partial charge on any atom is -0.370 e. The van der Waals surface area contributed by atoms with E-state index < -0.39 is 11.9 Å². The molecule has 0 bridgehead atoms. The molecule has 2 rings (SSSR count). The first-order valence-corrected chi connectivity index (χ1v) is 7.05. The van der Waals surface area contributed by atoms with Crippen molar-refractivity contribution in [1.29, 1.82) is 0 Å². The Hall–Kier alpha value is -1.47. The first-order valence-electron chi connectivity index (χ1n) is 7.05. The fraction of sp³-hybridized carbons (Fsp3) is 0.769. The van der Waals surface area contributed by atoms with Gasteiger partial charge in [-0.3, -0.25) is 19.3 Å². The number of primary amides is 1. The van der Waals surface area contributed by atoms with Gasteiger partial charge < -0.3 is 15.8 Å². The van der Waals surface area contributed by atoms with Crippen molar-refractivity contribution in [3.8, 4) is 0 Å². The van der Waals surface area contributed by atoms with Gasteiger partial charge >= 0.3 is 0 Å². The number of carbonyl (C=O) groups is 3. The summed E-state index contributed by atoms with van der Waals surface area (Å²) in [5, 5.41) is 3.00. The molecule has 20 heavy (non-hydrogen) atoms. The van der Waals surface area contributed by atoms with E-state index in [2.05, 4.69) is 5.32 Å². The van der Waals surface area contributed by atoms with Crippen LogP contribution in [-0.2, 0) is 19.1 Å². The molecule has 1 heterocycles. The van der Waals surface area contributed by atoms with Gasteiger partial charge in [-0.2, -0.15) is 0 Å². The van der Waals surface area contributed by atoms with Gasteiger partial charge in [-0.1, -0.05) is 12.8 Å². The standard InChI is InChI=1S/C13H21N3O4/c14-11(17)8-20-6-5-15-10-7-12(18)16(13(10)19)9-3-1-2-4-9/h9-10,15H,1-8H2,(H2,14,17). The maximum Gasteiger partial charge on any atom is 0.247 e. The summed E-state index contributed by atoms with van der Waals surface area (Å²) in [5.41, 5.74) is 4.94. The van der Waals surface area contributed by atoms with Crippen LogP contribution in [0.5, 0.6) is 0 Å². The molecule has 1 atom stereocenters. The molecule has 7 heteroatoms. The first-order chi connectivity index (χ1) is 9.59. The Morgan fingerprint density at radius 2 is 2.05 bits per heavy atom. The molecule has 1 unspecified atom stereocenters. The summed E-state index contributed by atoms with van der Waals surface area (Å²) in [6.07, 6.45) is 4.23. The molecule has 0 spiro atoms. The monoisotopic (exact) mass is 283 g/mol. The Labute approximate surface area is 117 Å². The summed E-state index contributed by atoms with van der Waals surface area (Å²) in [6, 6.07) is -0.367. The molecule has 2 fully saturated rings. The Morgan fingerprint density at radius 3 is 2.70 bits per heavy atom. The van der Waals surface area contributed by atoms with Gasteiger partial charge in [-0.05, 0) is 12.8 Å². The average molecular weight is 283 g/mol. The number of imide groups is 1. The van der Waals surface area contributed by atoms with E-state index in [1.807, 2.05) is 0 Å². The van der Waals surface area contributed by atoms with Gasteiger partial charge in [0.1, 0.15) is 6.61 Å². The summed E-state index contributed by atoms with van der Waals surface area (Å²) in [5.74, 6) is -0.737. The summed E-state index contributed by atoms with van der Waals surface area (Å²) in [6.45, 7) is 0.563. The van der Waals surface area contributed by atoms with Crippen molar-refractivity contribution in [2.24, 2.45) is 5.73 Å². The third-order valence-corrected chi connectivity index (χ3v) is 3.75. The Bertz CT molecular complexity index is 393. The highest BCUT2D eigenvalue weighted by Gasteiger charge is 2.42. The van der Waals surface area contributed by atoms with Crippen molar-refractivity contribution in [2.75, 3.05) is 19.8 Å². The summed E-state index contributed by atoms with van der Waals surface area (Å²) < 4.78 is 5.00. The second-order valence-corrected chi connectivity index (χ2v) is 5.27. The number of likely N-dealkylation sites (tertiary alicyclic amines) is 1. The van der Waals surface area contributed by atoms with E-state index in [0.717, 1.165) is 25.7 Å². The highest BCUT2D eigenvalue weighted by molar-refractivity contribution is 6.05. The van der Waals surface area contributed by atoms with Gasteiger partial charge in [0.15, 0.2) is 0 Å². The molecular weight excluding hydrogens is 262 g/mol. The maximum atomic E-state index is 12.2. The van der Waals surface area contributed by atoms with Crippen LogP contribution < -0.4 is 11.1 Å². The van der Waals surface area contributed by atoms with E-state index in [1.165, 1.54) is 4.90 Å². The molecule has 0 radical (unpaired) electrons. The summed E-state index contributed by atoms with van der Waals surface area (Å²) in [4.78, 5) is 36.1. The van der Waals surface area contributed by atoms with E-state index in [0.29, 0.717) is 6.54 Å². The van der Waals surface area contributed by atoms with Crippen LogP contribution in [0.3, 0.4) is 0 Å². The largest absolute Gasteiger partial charge is 0.370 e. The van der Waals surface area contributed by atoms with Crippen molar-refractivity contribution in [3.05, 3.63) is 0 Å². The highest BCUT2D eigenvalue weighted by Crippen LogP contribution is 2.27. The second-order valence-electron chi connectivity index (χ2n) is 5.27. The lowest BCUT2D eigenvalue weighted by Crippen LogP contribution is -2.43. The predicted octanol–water partition coefficient (Wildman–Crippen LogP) is -0.852. The zero-order valence-corrected chi connectivity index (χ0v) is 11.5. The van der Waals surface area contributed by atoms with Crippen LogP contribution in [0.4, 0.5) is 0 Å². The lowest BCUT2D eigenvalue weighted by Gasteiger charge is -2.22. The molecule has 3 N–H and O–H groups in total. The SMILES string of the molecule is NC(=O)COCCNC1CC(=O)N(C2CCCC2)C1=O. The van der Waals surface area contributed by atoms with Crippen LogP contribution in [-0.4, -0.2) is 54.5 Å². The number of hydrogen-bond donors (Lipinski definition) is 2. The minimum absolute atomic E-state index is 0.0857. The van der Waals surface area contributed by atoms with Gasteiger partial charge in [-0.25, -0.2) is 0 Å². The number of hydrogen-bond acceptors (Lipinski definition) is 5. The van der Waals surface area contributed by atoms with Crippen LogP contribution in [0.1, 0.15) is 32.1 Å². The number of amides is 3. The Morgan fingerprint density at radius 1 is 1.35 bits per heavy atom. The molecule has 0 aromatic heterocycles. The van der Waals surface area contributed by atoms with Crippen LogP contribution >= 0.6 is 0 Å². The number of nitrogens with zero attached hydrogens (tertiary/aromatic N) is 1. The van der Waals surface area contributed by atoms with E-state index >= 15 is 0 Å². The number of rotatable bonds is 7. The normalized spacial score (nSPS) is 23.8. The van der Waals surface area contributed by atoms with Crippen LogP contribution in [0.2, 0.25) is 0 Å². The zero-order chi connectivity index (χ0) is 14.5. The molecule has 1 saturated heterocycles. The molecule has 1 saturated carbocycles. The minimum atomic E-state index is -0.524. The first kappa shape index (κ1) is 14.9. The predicted molar refractivity (Wildman–Crippen MR) is 70.5 cm³/mol. The zero-order valence-electron chi connectivity index (χ0n) is 11.5. The van der Waals surface area contributed by atoms with E-state index in [9.17, 15) is 14.4 Å². The van der Waals surface area contributed by atoms with Gasteiger partial charge in [0.05, 0.1) is 19.1 Å². The Kier molecular flexibility index (Phi) is 5.08. The van der Waals surface area contributed by atoms with Gasteiger partial charge in [0.25, 0.3) is 0 Å². The summed E-state index contributed by atoms with van der Waals surface area (Å²) in [7, 11) is 0. The number of nitrogens with one attached hydrogen (secondary N) is 1. The Balaban J connectivity index is 1.75. The molecule has 2 aliphatic rings. The lowest BCUT2D eigenvalue weighted by atomic mass is 10.2. The third kappa shape index (κ3) is 3.55. The fourth-order valence-electron chi connectivity index (χ4n) is 2.83. The van der Waals surface area contributed by atoms with Gasteiger partial charge in [0, 0.05) is 12.6 Å². The quantitative estimate of drug-likeness (QED) is 0.468. The van der Waals surface area contributed by atoms with Crippen molar-refractivity contribution in [2.45, 2.75) is 44.2 Å². The van der Waals surface area contributed by atoms with Gasteiger partial charge in [0.2, 0.25) is 17.7 Å². The molecule has 1 aliphatic carbocycles. The molecule has 0 aromatic rings. The van der Waals surface area contributed by atoms with Crippen LogP contribution in [0, 0.1) is 0 Å². The second kappa shape index (κ2) is 6.81. The molecule has 1 aliphatic heterocycles. The average Bonchev–Trinajstić information content (AvgIpc) is 2.98. The molecule has 112 valence electrons. The number of nitrogens with two attached hydrogens (primary N) is 1. The van der Waals surface area contributed by atoms with Crippen molar-refractivity contribution < 1.29 is 19.1 Å². The molecular formula is C13H21N3O4. The van der Waals surface area contributed by atoms with Crippen molar-refractivity contribution in [1.82, 2.24) is 10.2 Å². The van der Waals surface area contributed by atoms with E-state index in [4.69, 9.17) is 10.5 Å². The fourth-order valence-corrected chi connectivity index (χ4v) is 2.83. The molecule has 3 amide bonds. The van der Waals surface area contributed by atoms with Crippen LogP contribution in [0.15, 0.2) is 0 Å². The lowest BCUT2D eigenvalue weighted by molar-refractivity contribution is -0.141. The van der Waals surface area contributed by atoms with Crippen molar-refractivity contribution >= 4 is 17.7 Å². The molecule has 0 aromatic carbocycles. The highest BCUT2D eigenvalue weighted by atomic mass is 16.5. The van der Waals surface area contributed by atoms with Crippen molar-refractivity contribution in [3.63, 3.8) is 0 Å². The topological polar surface area (TPSA) is 102 Å². The maximum absolute atomic E-state index is 12.2. The number of ether oxygens (including phenoxy) is 1. The number of carbonyl (C=O) groups excluding carboxylic acids is 3. The van der Waals surface area contributed by atoms with Gasteiger partial charge in [-0.15, -0.1) is 0 Å². The third-order valence-electron chi connectivity index (χ3n) is 3.75. The van der Waals surface area contributed by atoms with E-state index in [-0.39, 0.29) is 37.5 Å². The van der Waals surface area contributed by atoms with E-state index in [1.54, 1.807) is 0 Å². The smallest absolute Gasteiger partial charge is 0.247 e. The molecule has 7 nitrogen and oxygen atoms in total. The van der Waals surface area contributed by atoms with Crippen LogP contribution in [0.25, 0.3) is 0 Å².